The molecule has 0 saturated carbocycles. The largest absolute Gasteiger partial charge is 0.456 e. The zero-order chi connectivity index (χ0) is 41.4. The number of benzene rings is 9. The van der Waals surface area contributed by atoms with Crippen molar-refractivity contribution in [3.63, 3.8) is 0 Å². The number of nitrogens with zero attached hydrogens (tertiary/aromatic N) is 4. The molecule has 5 nitrogen and oxygen atoms in total. The second kappa shape index (κ2) is 14.0. The lowest BCUT2D eigenvalue weighted by Gasteiger charge is -2.12. The highest BCUT2D eigenvalue weighted by Gasteiger charge is 2.20. The highest BCUT2D eigenvalue weighted by atomic mass is 16.3. The van der Waals surface area contributed by atoms with Gasteiger partial charge in [-0.05, 0) is 89.0 Å². The number of para-hydroxylation sites is 3. The molecule has 0 bridgehead atoms. The molecule has 5 heteroatoms. The molecular formula is C58H36N4O. The standard InChI is InChI=1S/C58H36N4O/c1-4-15-37(16-5-1)49-36-56(60-58(59-49)38-17-6-2-7-18-38)62-51-25-13-11-22-45(51)46-33-39(27-30-53(46)62)40-29-32-54-48(34-40)57-43(23-14-26-55(57)63-54)41-28-31-52-47(35-41)44-21-10-12-24-50(44)61(52)42-19-8-3-9-20-42/h1-36H. The van der Waals surface area contributed by atoms with E-state index < -0.39 is 0 Å². The molecule has 0 atom stereocenters. The highest BCUT2D eigenvalue weighted by Crippen LogP contribution is 2.42. The molecule has 294 valence electrons. The fourth-order valence-electron chi connectivity index (χ4n) is 9.66. The lowest BCUT2D eigenvalue weighted by Crippen LogP contribution is -2.02. The van der Waals surface area contributed by atoms with E-state index in [-0.39, 0.29) is 0 Å². The predicted octanol–water partition coefficient (Wildman–Crippen LogP) is 15.2. The van der Waals surface area contributed by atoms with Crippen LogP contribution in [0.2, 0.25) is 0 Å². The van der Waals surface area contributed by atoms with E-state index in [4.69, 9.17) is 14.4 Å². The summed E-state index contributed by atoms with van der Waals surface area (Å²) in [4.78, 5) is 10.3. The average Bonchev–Trinajstić information content (AvgIpc) is 4.02. The first-order valence-electron chi connectivity index (χ1n) is 21.3. The van der Waals surface area contributed by atoms with Crippen LogP contribution in [-0.2, 0) is 0 Å². The normalized spacial score (nSPS) is 11.8. The van der Waals surface area contributed by atoms with E-state index in [9.17, 15) is 0 Å². The molecule has 63 heavy (non-hydrogen) atoms. The summed E-state index contributed by atoms with van der Waals surface area (Å²) in [7, 11) is 0. The second-order valence-corrected chi connectivity index (χ2v) is 16.2. The van der Waals surface area contributed by atoms with Gasteiger partial charge in [-0.3, -0.25) is 4.57 Å². The molecule has 4 aromatic heterocycles. The molecule has 13 aromatic rings. The Morgan fingerprint density at radius 1 is 0.333 bits per heavy atom. The van der Waals surface area contributed by atoms with Gasteiger partial charge >= 0.3 is 0 Å². The first-order valence-corrected chi connectivity index (χ1v) is 21.3. The van der Waals surface area contributed by atoms with Gasteiger partial charge in [0.05, 0.1) is 27.8 Å². The maximum absolute atomic E-state index is 6.57. The van der Waals surface area contributed by atoms with Gasteiger partial charge in [-0.1, -0.05) is 146 Å². The number of furan rings is 1. The summed E-state index contributed by atoms with van der Waals surface area (Å²) < 4.78 is 11.2. The Morgan fingerprint density at radius 2 is 0.889 bits per heavy atom. The van der Waals surface area contributed by atoms with Crippen LogP contribution in [0, 0.1) is 0 Å². The molecule has 13 rings (SSSR count). The van der Waals surface area contributed by atoms with E-state index in [1.165, 1.54) is 21.8 Å². The van der Waals surface area contributed by atoms with Gasteiger partial charge < -0.3 is 8.98 Å². The molecule has 0 saturated heterocycles. The quantitative estimate of drug-likeness (QED) is 0.168. The molecular weight excluding hydrogens is 769 g/mol. The molecule has 4 heterocycles. The maximum atomic E-state index is 6.57. The Hall–Kier alpha value is -8.54. The van der Waals surface area contributed by atoms with Gasteiger partial charge in [-0.25, -0.2) is 9.97 Å². The van der Waals surface area contributed by atoms with E-state index in [1.807, 2.05) is 24.3 Å². The van der Waals surface area contributed by atoms with Crippen LogP contribution in [0.25, 0.3) is 122 Å². The first kappa shape index (κ1) is 35.2. The number of rotatable bonds is 6. The second-order valence-electron chi connectivity index (χ2n) is 16.2. The molecule has 0 aliphatic carbocycles. The van der Waals surface area contributed by atoms with Gasteiger partial charge in [0.15, 0.2) is 5.82 Å². The summed E-state index contributed by atoms with van der Waals surface area (Å²) in [6, 6.07) is 77.3. The first-order chi connectivity index (χ1) is 31.2. The smallest absolute Gasteiger partial charge is 0.162 e. The van der Waals surface area contributed by atoms with Crippen LogP contribution in [0.3, 0.4) is 0 Å². The monoisotopic (exact) mass is 804 g/mol. The van der Waals surface area contributed by atoms with Crippen LogP contribution >= 0.6 is 0 Å². The van der Waals surface area contributed by atoms with Crippen molar-refractivity contribution >= 4 is 65.6 Å². The van der Waals surface area contributed by atoms with E-state index in [0.717, 1.165) is 94.3 Å². The average molecular weight is 805 g/mol. The molecule has 0 spiro atoms. The summed E-state index contributed by atoms with van der Waals surface area (Å²) in [6.45, 7) is 0. The SMILES string of the molecule is c1ccc(-c2cc(-n3c4ccccc4c4cc(-c5ccc6oc7cccc(-c8ccc9c(c8)c8ccccc8n9-c8ccccc8)c7c6c5)ccc43)nc(-c3ccccc3)n2)cc1. The van der Waals surface area contributed by atoms with Crippen molar-refractivity contribution in [3.8, 4) is 56.4 Å². The zero-order valence-electron chi connectivity index (χ0n) is 34.0. The van der Waals surface area contributed by atoms with Crippen molar-refractivity contribution in [1.82, 2.24) is 19.1 Å². The number of hydrogen-bond donors (Lipinski definition) is 0. The van der Waals surface area contributed by atoms with E-state index in [2.05, 4.69) is 203 Å². The molecule has 9 aromatic carbocycles. The van der Waals surface area contributed by atoms with Gasteiger partial charge in [0, 0.05) is 55.2 Å². The summed E-state index contributed by atoms with van der Waals surface area (Å²) in [5, 5.41) is 6.98. The van der Waals surface area contributed by atoms with Gasteiger partial charge in [0.1, 0.15) is 17.0 Å². The minimum atomic E-state index is 0.688. The molecule has 0 radical (unpaired) electrons. The topological polar surface area (TPSA) is 48.8 Å². The molecule has 0 fully saturated rings. The Labute approximate surface area is 362 Å². The minimum Gasteiger partial charge on any atom is -0.456 e. The Bertz CT molecular complexity index is 3840. The van der Waals surface area contributed by atoms with Crippen molar-refractivity contribution in [3.05, 3.63) is 218 Å². The fourth-order valence-corrected chi connectivity index (χ4v) is 9.66. The van der Waals surface area contributed by atoms with Gasteiger partial charge in [-0.2, -0.15) is 0 Å². The van der Waals surface area contributed by atoms with Crippen LogP contribution < -0.4 is 0 Å². The number of aromatic nitrogens is 4. The third-order valence-corrected chi connectivity index (χ3v) is 12.5. The van der Waals surface area contributed by atoms with Crippen molar-refractivity contribution in [1.29, 1.82) is 0 Å². The van der Waals surface area contributed by atoms with Crippen molar-refractivity contribution in [2.24, 2.45) is 0 Å². The van der Waals surface area contributed by atoms with Crippen LogP contribution in [0.1, 0.15) is 0 Å². The maximum Gasteiger partial charge on any atom is 0.162 e. The summed E-state index contributed by atoms with van der Waals surface area (Å²) in [5.74, 6) is 1.51. The van der Waals surface area contributed by atoms with Gasteiger partial charge in [0.25, 0.3) is 0 Å². The zero-order valence-corrected chi connectivity index (χ0v) is 34.0. The lowest BCUT2D eigenvalue weighted by atomic mass is 9.96. The minimum absolute atomic E-state index is 0.688. The van der Waals surface area contributed by atoms with Crippen LogP contribution in [0.5, 0.6) is 0 Å². The van der Waals surface area contributed by atoms with E-state index >= 15 is 0 Å². The van der Waals surface area contributed by atoms with E-state index in [1.54, 1.807) is 0 Å². The summed E-state index contributed by atoms with van der Waals surface area (Å²) in [5.41, 5.74) is 14.9. The Balaban J connectivity index is 0.962. The van der Waals surface area contributed by atoms with Crippen molar-refractivity contribution < 1.29 is 4.42 Å². The third-order valence-electron chi connectivity index (χ3n) is 12.5. The molecule has 0 unspecified atom stereocenters. The lowest BCUT2D eigenvalue weighted by molar-refractivity contribution is 0.669. The number of fused-ring (bicyclic) bond motifs is 9. The van der Waals surface area contributed by atoms with Crippen molar-refractivity contribution in [2.45, 2.75) is 0 Å². The van der Waals surface area contributed by atoms with Crippen LogP contribution in [-0.4, -0.2) is 19.1 Å². The van der Waals surface area contributed by atoms with Crippen LogP contribution in [0.15, 0.2) is 223 Å². The molecule has 0 N–H and O–H groups in total. The molecule has 0 aliphatic rings. The van der Waals surface area contributed by atoms with Crippen molar-refractivity contribution in [2.75, 3.05) is 0 Å². The predicted molar refractivity (Wildman–Crippen MR) is 260 cm³/mol. The van der Waals surface area contributed by atoms with Gasteiger partial charge in [0.2, 0.25) is 0 Å². The number of hydrogen-bond acceptors (Lipinski definition) is 3. The van der Waals surface area contributed by atoms with Gasteiger partial charge in [-0.15, -0.1) is 0 Å². The summed E-state index contributed by atoms with van der Waals surface area (Å²) >= 11 is 0. The van der Waals surface area contributed by atoms with E-state index in [0.29, 0.717) is 5.82 Å². The Kier molecular flexibility index (Phi) is 7.84. The summed E-state index contributed by atoms with van der Waals surface area (Å²) in [6.07, 6.45) is 0. The van der Waals surface area contributed by atoms with Crippen LogP contribution in [0.4, 0.5) is 0 Å². The third kappa shape index (κ3) is 5.64. The fraction of sp³-hybridized carbons (Fsp3) is 0. The molecule has 0 aliphatic heterocycles. The molecule has 0 amide bonds. The highest BCUT2D eigenvalue weighted by molar-refractivity contribution is 6.16. The Morgan fingerprint density at radius 3 is 1.62 bits per heavy atom.